The van der Waals surface area contributed by atoms with E-state index in [1.54, 1.807) is 13.4 Å². The number of hydrogen-bond donors (Lipinski definition) is 2. The molecule has 2 aromatic heterocycles. The van der Waals surface area contributed by atoms with Gasteiger partial charge in [-0.3, -0.25) is 4.79 Å². The highest BCUT2D eigenvalue weighted by Crippen LogP contribution is 2.29. The lowest BCUT2D eigenvalue weighted by Gasteiger charge is -2.13. The molecule has 0 aliphatic rings. The molecule has 0 saturated heterocycles. The Balaban J connectivity index is 1.31. The molecule has 0 fully saturated rings. The molecule has 5 rings (SSSR count). The number of fused-ring (bicyclic) bond motifs is 1. The first kappa shape index (κ1) is 20.5. The number of ether oxygens (including phenoxy) is 1. The predicted octanol–water partition coefficient (Wildman–Crippen LogP) is 4.91. The van der Waals surface area contributed by atoms with Gasteiger partial charge in [-0.25, -0.2) is 9.97 Å². The van der Waals surface area contributed by atoms with Crippen molar-refractivity contribution < 1.29 is 9.26 Å². The first-order valence-corrected chi connectivity index (χ1v) is 10.6. The molecule has 164 valence electrons. The molecule has 0 aliphatic carbocycles. The monoisotopic (exact) mass is 438 g/mol. The highest BCUT2D eigenvalue weighted by Gasteiger charge is 2.09. The minimum Gasteiger partial charge on any atom is -0.496 e. The van der Waals surface area contributed by atoms with E-state index in [-0.39, 0.29) is 5.56 Å². The molecular weight excluding hydrogens is 416 g/mol. The summed E-state index contributed by atoms with van der Waals surface area (Å²) in [6.45, 7) is 0.701. The molecule has 0 unspecified atom stereocenters. The van der Waals surface area contributed by atoms with Crippen LogP contribution in [0.4, 0.5) is 5.82 Å². The SMILES string of the molecule is COc1ccc2ccccc2c1CCNc1cc(-c2ccc(-c3cc(=O)[nH]o3)cc2)ncn1. The lowest BCUT2D eigenvalue weighted by atomic mass is 10.0. The number of hydrogen-bond acceptors (Lipinski definition) is 6. The van der Waals surface area contributed by atoms with Gasteiger partial charge in [-0.2, -0.15) is 5.16 Å². The molecule has 0 aliphatic heterocycles. The highest BCUT2D eigenvalue weighted by atomic mass is 16.5. The third kappa shape index (κ3) is 4.34. The van der Waals surface area contributed by atoms with Gasteiger partial charge in [0.1, 0.15) is 17.9 Å². The van der Waals surface area contributed by atoms with Crippen molar-refractivity contribution in [2.24, 2.45) is 0 Å². The standard InChI is InChI=1S/C26H22N4O3/c1-32-23-11-10-17-4-2-3-5-20(17)21(23)12-13-27-25-14-22(28-16-29-25)18-6-8-19(9-7-18)24-15-26(31)30-33-24/h2-11,14-16H,12-13H2,1H3,(H,30,31)(H,27,28,29). The summed E-state index contributed by atoms with van der Waals surface area (Å²) in [4.78, 5) is 20.0. The maximum Gasteiger partial charge on any atom is 0.280 e. The van der Waals surface area contributed by atoms with Gasteiger partial charge in [0.25, 0.3) is 5.56 Å². The molecule has 0 spiro atoms. The number of nitrogens with zero attached hydrogens (tertiary/aromatic N) is 2. The fourth-order valence-electron chi connectivity index (χ4n) is 3.92. The molecule has 0 amide bonds. The topological polar surface area (TPSA) is 93.0 Å². The van der Waals surface area contributed by atoms with Crippen LogP contribution in [0.5, 0.6) is 5.75 Å². The smallest absolute Gasteiger partial charge is 0.280 e. The molecule has 0 saturated carbocycles. The Labute approximate surface area is 190 Å². The zero-order valence-electron chi connectivity index (χ0n) is 18.0. The summed E-state index contributed by atoms with van der Waals surface area (Å²) in [5, 5.41) is 8.09. The van der Waals surface area contributed by atoms with Crippen LogP contribution in [0, 0.1) is 0 Å². The van der Waals surface area contributed by atoms with Gasteiger partial charge in [-0.15, -0.1) is 0 Å². The number of nitrogens with one attached hydrogen (secondary N) is 2. The van der Waals surface area contributed by atoms with E-state index in [0.29, 0.717) is 12.3 Å². The average molecular weight is 438 g/mol. The molecule has 0 radical (unpaired) electrons. The van der Waals surface area contributed by atoms with Gasteiger partial charge in [-0.05, 0) is 23.3 Å². The number of rotatable bonds is 7. The van der Waals surface area contributed by atoms with Crippen molar-refractivity contribution in [3.8, 4) is 28.3 Å². The first-order valence-electron chi connectivity index (χ1n) is 10.6. The van der Waals surface area contributed by atoms with E-state index in [0.717, 1.165) is 34.8 Å². The Kier molecular flexibility index (Phi) is 5.59. The number of aromatic nitrogens is 3. The van der Waals surface area contributed by atoms with Crippen LogP contribution in [0.25, 0.3) is 33.4 Å². The molecule has 5 aromatic rings. The minimum atomic E-state index is -0.262. The first-order chi connectivity index (χ1) is 16.2. The van der Waals surface area contributed by atoms with Crippen LogP contribution in [0.15, 0.2) is 88.4 Å². The van der Waals surface area contributed by atoms with Crippen molar-refractivity contribution in [1.82, 2.24) is 15.1 Å². The molecule has 2 N–H and O–H groups in total. The third-order valence-corrected chi connectivity index (χ3v) is 5.55. The molecule has 7 heteroatoms. The summed E-state index contributed by atoms with van der Waals surface area (Å²) >= 11 is 0. The number of anilines is 1. The largest absolute Gasteiger partial charge is 0.496 e. The second-order valence-electron chi connectivity index (χ2n) is 7.59. The van der Waals surface area contributed by atoms with Crippen LogP contribution in [-0.2, 0) is 6.42 Å². The van der Waals surface area contributed by atoms with Crippen LogP contribution in [0.1, 0.15) is 5.56 Å². The zero-order chi connectivity index (χ0) is 22.6. The third-order valence-electron chi connectivity index (χ3n) is 5.55. The summed E-state index contributed by atoms with van der Waals surface area (Å²) in [7, 11) is 1.70. The summed E-state index contributed by atoms with van der Waals surface area (Å²) < 4.78 is 10.8. The van der Waals surface area contributed by atoms with Gasteiger partial charge in [0.05, 0.1) is 18.9 Å². The van der Waals surface area contributed by atoms with E-state index in [9.17, 15) is 4.79 Å². The summed E-state index contributed by atoms with van der Waals surface area (Å²) in [6, 6.07) is 23.4. The summed E-state index contributed by atoms with van der Waals surface area (Å²) in [6.07, 6.45) is 2.34. The van der Waals surface area contributed by atoms with Crippen molar-refractivity contribution in [2.75, 3.05) is 19.0 Å². The van der Waals surface area contributed by atoms with E-state index in [1.807, 2.05) is 48.5 Å². The number of aromatic amines is 1. The molecule has 0 bridgehead atoms. The minimum absolute atomic E-state index is 0.262. The van der Waals surface area contributed by atoms with E-state index in [2.05, 4.69) is 38.6 Å². The fourth-order valence-corrected chi connectivity index (χ4v) is 3.92. The van der Waals surface area contributed by atoms with Gasteiger partial charge in [0.15, 0.2) is 5.76 Å². The lowest BCUT2D eigenvalue weighted by Crippen LogP contribution is -2.08. The van der Waals surface area contributed by atoms with Crippen LogP contribution >= 0.6 is 0 Å². The predicted molar refractivity (Wildman–Crippen MR) is 128 cm³/mol. The normalized spacial score (nSPS) is 10.9. The Morgan fingerprint density at radius 1 is 0.970 bits per heavy atom. The van der Waals surface area contributed by atoms with E-state index in [4.69, 9.17) is 9.26 Å². The summed E-state index contributed by atoms with van der Waals surface area (Å²) in [5.74, 6) is 2.14. The van der Waals surface area contributed by atoms with E-state index < -0.39 is 0 Å². The van der Waals surface area contributed by atoms with Gasteiger partial charge in [0, 0.05) is 29.3 Å². The van der Waals surface area contributed by atoms with Crippen molar-refractivity contribution in [1.29, 1.82) is 0 Å². The van der Waals surface area contributed by atoms with Gasteiger partial charge in [-0.1, -0.05) is 54.6 Å². The number of H-pyrrole nitrogens is 1. The van der Waals surface area contributed by atoms with Crippen molar-refractivity contribution in [2.45, 2.75) is 6.42 Å². The van der Waals surface area contributed by atoms with Crippen molar-refractivity contribution >= 4 is 16.6 Å². The number of methoxy groups -OCH3 is 1. The highest BCUT2D eigenvalue weighted by molar-refractivity contribution is 5.87. The molecule has 0 atom stereocenters. The Morgan fingerprint density at radius 3 is 2.58 bits per heavy atom. The Hall–Kier alpha value is -4.39. The van der Waals surface area contributed by atoms with Crippen LogP contribution in [0.2, 0.25) is 0 Å². The molecule has 33 heavy (non-hydrogen) atoms. The zero-order valence-corrected chi connectivity index (χ0v) is 18.0. The molecule has 2 heterocycles. The molecule has 3 aromatic carbocycles. The van der Waals surface area contributed by atoms with E-state index in [1.165, 1.54) is 22.4 Å². The molecular formula is C26H22N4O3. The van der Waals surface area contributed by atoms with Crippen molar-refractivity contribution in [3.05, 3.63) is 95.0 Å². The van der Waals surface area contributed by atoms with Gasteiger partial charge < -0.3 is 14.6 Å². The summed E-state index contributed by atoms with van der Waals surface area (Å²) in [5.41, 5.74) is 3.47. The van der Waals surface area contributed by atoms with Crippen LogP contribution < -0.4 is 15.6 Å². The van der Waals surface area contributed by atoms with Crippen LogP contribution in [0.3, 0.4) is 0 Å². The second-order valence-corrected chi connectivity index (χ2v) is 7.59. The van der Waals surface area contributed by atoms with E-state index >= 15 is 0 Å². The second kappa shape index (κ2) is 9.00. The maximum absolute atomic E-state index is 11.3. The average Bonchev–Trinajstić information content (AvgIpc) is 3.30. The van der Waals surface area contributed by atoms with Gasteiger partial charge in [0.2, 0.25) is 0 Å². The maximum atomic E-state index is 11.3. The van der Waals surface area contributed by atoms with Gasteiger partial charge >= 0.3 is 0 Å². The van der Waals surface area contributed by atoms with Crippen molar-refractivity contribution in [3.63, 3.8) is 0 Å². The molecule has 7 nitrogen and oxygen atoms in total. The Bertz CT molecular complexity index is 1450. The van der Waals surface area contributed by atoms with Crippen LogP contribution in [-0.4, -0.2) is 28.8 Å². The quantitative estimate of drug-likeness (QED) is 0.375. The number of benzene rings is 3. The Morgan fingerprint density at radius 2 is 1.79 bits per heavy atom. The lowest BCUT2D eigenvalue weighted by molar-refractivity contribution is 0.411. The fraction of sp³-hybridized carbons (Fsp3) is 0.115.